The van der Waals surface area contributed by atoms with Crippen LogP contribution in [0.2, 0.25) is 0 Å². The summed E-state index contributed by atoms with van der Waals surface area (Å²) in [5.41, 5.74) is 8.81. The van der Waals surface area contributed by atoms with Crippen molar-refractivity contribution in [2.75, 3.05) is 7.05 Å². The fourth-order valence-electron chi connectivity index (χ4n) is 2.19. The number of aromatic nitrogens is 1. The molecular formula is C14H21N3O. The standard InChI is InChI=1S/C14H21N3O/c1-9-17-11-7-10(5-6-13(11)18-9)12(16-4)8-14(2,3)15/h5-7,12,16H,8,15H2,1-4H3. The van der Waals surface area contributed by atoms with Crippen molar-refractivity contribution < 1.29 is 4.42 Å². The first-order valence-electron chi connectivity index (χ1n) is 6.22. The number of hydrogen-bond acceptors (Lipinski definition) is 4. The molecule has 3 N–H and O–H groups in total. The molecule has 2 aromatic rings. The van der Waals surface area contributed by atoms with Crippen LogP contribution < -0.4 is 11.1 Å². The normalized spacial score (nSPS) is 14.1. The second-order valence-electron chi connectivity index (χ2n) is 5.49. The zero-order chi connectivity index (χ0) is 13.3. The highest BCUT2D eigenvalue weighted by Crippen LogP contribution is 2.25. The van der Waals surface area contributed by atoms with E-state index in [1.165, 1.54) is 5.56 Å². The number of fused-ring (bicyclic) bond motifs is 1. The number of nitrogens with zero attached hydrogens (tertiary/aromatic N) is 1. The van der Waals surface area contributed by atoms with Crippen LogP contribution >= 0.6 is 0 Å². The molecule has 1 aromatic carbocycles. The van der Waals surface area contributed by atoms with Gasteiger partial charge >= 0.3 is 0 Å². The maximum absolute atomic E-state index is 6.09. The van der Waals surface area contributed by atoms with Crippen molar-refractivity contribution in [1.29, 1.82) is 0 Å². The maximum atomic E-state index is 6.09. The van der Waals surface area contributed by atoms with Crippen LogP contribution in [0.3, 0.4) is 0 Å². The van der Waals surface area contributed by atoms with E-state index in [-0.39, 0.29) is 11.6 Å². The third-order valence-corrected chi connectivity index (χ3v) is 3.00. The Labute approximate surface area is 108 Å². The molecule has 98 valence electrons. The molecule has 4 heteroatoms. The Morgan fingerprint density at radius 1 is 1.44 bits per heavy atom. The van der Waals surface area contributed by atoms with Crippen LogP contribution in [0.25, 0.3) is 11.1 Å². The zero-order valence-corrected chi connectivity index (χ0v) is 11.4. The van der Waals surface area contributed by atoms with E-state index in [0.29, 0.717) is 5.89 Å². The smallest absolute Gasteiger partial charge is 0.192 e. The summed E-state index contributed by atoms with van der Waals surface area (Å²) in [4.78, 5) is 4.36. The maximum Gasteiger partial charge on any atom is 0.192 e. The van der Waals surface area contributed by atoms with Crippen LogP contribution in [-0.2, 0) is 0 Å². The fraction of sp³-hybridized carbons (Fsp3) is 0.500. The summed E-state index contributed by atoms with van der Waals surface area (Å²) in [6.45, 7) is 5.93. The Balaban J connectivity index is 2.33. The van der Waals surface area contributed by atoms with Crippen molar-refractivity contribution in [3.8, 4) is 0 Å². The highest BCUT2D eigenvalue weighted by Gasteiger charge is 2.19. The molecule has 1 heterocycles. The summed E-state index contributed by atoms with van der Waals surface area (Å²) in [6, 6.07) is 6.34. The van der Waals surface area contributed by atoms with E-state index in [1.807, 2.05) is 33.9 Å². The minimum Gasteiger partial charge on any atom is -0.441 e. The zero-order valence-electron chi connectivity index (χ0n) is 11.4. The molecule has 0 spiro atoms. The van der Waals surface area contributed by atoms with Gasteiger partial charge in [-0.05, 0) is 45.0 Å². The number of rotatable bonds is 4. The van der Waals surface area contributed by atoms with Gasteiger partial charge < -0.3 is 15.5 Å². The Kier molecular flexibility index (Phi) is 3.41. The van der Waals surface area contributed by atoms with Crippen molar-refractivity contribution in [1.82, 2.24) is 10.3 Å². The lowest BCUT2D eigenvalue weighted by molar-refractivity contribution is 0.396. The van der Waals surface area contributed by atoms with Crippen LogP contribution in [0, 0.1) is 6.92 Å². The lowest BCUT2D eigenvalue weighted by Crippen LogP contribution is -2.36. The van der Waals surface area contributed by atoms with E-state index < -0.39 is 0 Å². The Morgan fingerprint density at radius 3 is 2.78 bits per heavy atom. The van der Waals surface area contributed by atoms with Crippen molar-refractivity contribution in [2.45, 2.75) is 38.8 Å². The molecule has 0 bridgehead atoms. The van der Waals surface area contributed by atoms with Gasteiger partial charge in [0.15, 0.2) is 11.5 Å². The first-order chi connectivity index (χ1) is 8.39. The highest BCUT2D eigenvalue weighted by molar-refractivity contribution is 5.73. The minimum absolute atomic E-state index is 0.206. The fourth-order valence-corrected chi connectivity index (χ4v) is 2.19. The van der Waals surface area contributed by atoms with Gasteiger partial charge in [0.25, 0.3) is 0 Å². The predicted molar refractivity (Wildman–Crippen MR) is 73.4 cm³/mol. The van der Waals surface area contributed by atoms with E-state index in [9.17, 15) is 0 Å². The summed E-state index contributed by atoms with van der Waals surface area (Å²) in [5, 5.41) is 3.31. The van der Waals surface area contributed by atoms with Crippen LogP contribution in [-0.4, -0.2) is 17.6 Å². The van der Waals surface area contributed by atoms with Gasteiger partial charge in [0.1, 0.15) is 5.52 Å². The third-order valence-electron chi connectivity index (χ3n) is 3.00. The van der Waals surface area contributed by atoms with Crippen LogP contribution in [0.1, 0.15) is 37.8 Å². The first kappa shape index (κ1) is 13.1. The molecule has 0 aliphatic rings. The number of nitrogens with two attached hydrogens (primary N) is 1. The van der Waals surface area contributed by atoms with Gasteiger partial charge in [0.2, 0.25) is 0 Å². The minimum atomic E-state index is -0.206. The van der Waals surface area contributed by atoms with Crippen LogP contribution in [0.4, 0.5) is 0 Å². The Morgan fingerprint density at radius 2 is 2.17 bits per heavy atom. The molecule has 2 rings (SSSR count). The van der Waals surface area contributed by atoms with E-state index in [2.05, 4.69) is 22.4 Å². The number of nitrogens with one attached hydrogen (secondary N) is 1. The van der Waals surface area contributed by atoms with E-state index in [4.69, 9.17) is 10.2 Å². The summed E-state index contributed by atoms with van der Waals surface area (Å²) >= 11 is 0. The van der Waals surface area contributed by atoms with Gasteiger partial charge in [-0.1, -0.05) is 6.07 Å². The quantitative estimate of drug-likeness (QED) is 0.871. The van der Waals surface area contributed by atoms with Gasteiger partial charge in [-0.15, -0.1) is 0 Å². The largest absolute Gasteiger partial charge is 0.441 e. The Bertz CT molecular complexity index is 539. The van der Waals surface area contributed by atoms with Crippen molar-refractivity contribution in [3.63, 3.8) is 0 Å². The van der Waals surface area contributed by atoms with E-state index >= 15 is 0 Å². The molecule has 1 unspecified atom stereocenters. The van der Waals surface area contributed by atoms with Crippen molar-refractivity contribution >= 4 is 11.1 Å². The van der Waals surface area contributed by atoms with Gasteiger partial charge in [0, 0.05) is 18.5 Å². The summed E-state index contributed by atoms with van der Waals surface area (Å²) < 4.78 is 5.48. The van der Waals surface area contributed by atoms with Gasteiger partial charge in [0.05, 0.1) is 0 Å². The SMILES string of the molecule is CNC(CC(C)(C)N)c1ccc2oc(C)nc2c1. The van der Waals surface area contributed by atoms with Gasteiger partial charge in [-0.25, -0.2) is 4.98 Å². The average Bonchev–Trinajstić information content (AvgIpc) is 2.63. The monoisotopic (exact) mass is 247 g/mol. The summed E-state index contributed by atoms with van der Waals surface area (Å²) in [6.07, 6.45) is 0.867. The number of benzene rings is 1. The predicted octanol–water partition coefficient (Wildman–Crippen LogP) is 2.52. The third kappa shape index (κ3) is 2.89. The van der Waals surface area contributed by atoms with Crippen LogP contribution in [0.5, 0.6) is 0 Å². The highest BCUT2D eigenvalue weighted by atomic mass is 16.3. The van der Waals surface area contributed by atoms with E-state index in [0.717, 1.165) is 17.5 Å². The number of oxazole rings is 1. The molecule has 4 nitrogen and oxygen atoms in total. The van der Waals surface area contributed by atoms with E-state index in [1.54, 1.807) is 0 Å². The average molecular weight is 247 g/mol. The molecular weight excluding hydrogens is 226 g/mol. The molecule has 0 amide bonds. The molecule has 1 aromatic heterocycles. The molecule has 18 heavy (non-hydrogen) atoms. The van der Waals surface area contributed by atoms with Crippen molar-refractivity contribution in [3.05, 3.63) is 29.7 Å². The first-order valence-corrected chi connectivity index (χ1v) is 6.22. The van der Waals surface area contributed by atoms with Crippen LogP contribution in [0.15, 0.2) is 22.6 Å². The summed E-state index contributed by atoms with van der Waals surface area (Å²) in [7, 11) is 1.95. The molecule has 0 saturated carbocycles. The lowest BCUT2D eigenvalue weighted by atomic mass is 9.92. The van der Waals surface area contributed by atoms with Gasteiger partial charge in [-0.2, -0.15) is 0 Å². The van der Waals surface area contributed by atoms with Crippen molar-refractivity contribution in [2.24, 2.45) is 5.73 Å². The molecule has 0 aliphatic heterocycles. The summed E-state index contributed by atoms with van der Waals surface area (Å²) in [5.74, 6) is 0.697. The Hall–Kier alpha value is -1.39. The topological polar surface area (TPSA) is 64.1 Å². The van der Waals surface area contributed by atoms with Gasteiger partial charge in [-0.3, -0.25) is 0 Å². The lowest BCUT2D eigenvalue weighted by Gasteiger charge is -2.26. The second kappa shape index (κ2) is 4.71. The second-order valence-corrected chi connectivity index (χ2v) is 5.49. The number of hydrogen-bond donors (Lipinski definition) is 2. The number of aryl methyl sites for hydroxylation is 1. The molecule has 0 saturated heterocycles. The molecule has 0 fully saturated rings. The molecule has 0 radical (unpaired) electrons. The molecule has 1 atom stereocenters. The molecule has 0 aliphatic carbocycles.